The molecule has 0 aliphatic carbocycles. The molecule has 1 aromatic heterocycles. The number of phenolic OH excluding ortho intramolecular Hbond substituents is 1. The van der Waals surface area contributed by atoms with Gasteiger partial charge in [0.25, 0.3) is 0 Å². The van der Waals surface area contributed by atoms with E-state index in [9.17, 15) is 58.2 Å². The van der Waals surface area contributed by atoms with Gasteiger partial charge in [0, 0.05) is 44.2 Å². The van der Waals surface area contributed by atoms with Crippen molar-refractivity contribution in [2.75, 3.05) is 19.6 Å². The highest BCUT2D eigenvalue weighted by Crippen LogP contribution is 2.21. The number of carbonyl (C=O) groups is 10. The molecule has 2 aromatic carbocycles. The minimum atomic E-state index is -1.50. The van der Waals surface area contributed by atoms with E-state index in [0.717, 1.165) is 0 Å². The highest BCUT2D eigenvalue weighted by atomic mass is 16.4. The fraction of sp³-hybridized carbons (Fsp3) is 0.500. The largest absolute Gasteiger partial charge is 0.508 e. The molecule has 0 radical (unpaired) electrons. The molecule has 0 saturated carbocycles. The molecule has 8 amide bonds. The third kappa shape index (κ3) is 20.4. The average molecular weight is 1100 g/mol. The van der Waals surface area contributed by atoms with E-state index in [-0.39, 0.29) is 63.3 Å². The van der Waals surface area contributed by atoms with E-state index in [1.807, 2.05) is 0 Å². The predicted octanol–water partition coefficient (Wildman–Crippen LogP) is -2.20. The first-order valence-corrected chi connectivity index (χ1v) is 25.9. The van der Waals surface area contributed by atoms with Crippen LogP contribution < -0.4 is 54.4 Å². The Hall–Kier alpha value is -8.62. The van der Waals surface area contributed by atoms with Crippen LogP contribution in [0.1, 0.15) is 83.0 Å². The van der Waals surface area contributed by atoms with Crippen molar-refractivity contribution in [2.24, 2.45) is 34.0 Å². The maximum atomic E-state index is 14.5. The number of likely N-dealkylation sites (tertiary alicyclic amines) is 1. The van der Waals surface area contributed by atoms with Crippen molar-refractivity contribution in [3.63, 3.8) is 0 Å². The fourth-order valence-electron chi connectivity index (χ4n) is 8.58. The summed E-state index contributed by atoms with van der Waals surface area (Å²) < 4.78 is 0. The smallest absolute Gasteiger partial charge is 0.326 e. The summed E-state index contributed by atoms with van der Waals surface area (Å²) in [4.78, 5) is 146. The number of hydrogen-bond acceptors (Lipinski definition) is 14. The summed E-state index contributed by atoms with van der Waals surface area (Å²) >= 11 is 0. The molecule has 2 heterocycles. The number of nitrogens with two attached hydrogens (primary N) is 3. The zero-order valence-electron chi connectivity index (χ0n) is 44.6. The van der Waals surface area contributed by atoms with Crippen molar-refractivity contribution in [1.29, 1.82) is 0 Å². The van der Waals surface area contributed by atoms with Gasteiger partial charge < -0.3 is 79.6 Å². The lowest BCUT2D eigenvalue weighted by molar-refractivity contribution is -0.145. The van der Waals surface area contributed by atoms with Gasteiger partial charge in [0.1, 0.15) is 48.0 Å². The first-order chi connectivity index (χ1) is 37.5. The number of nitrogens with zero attached hydrogens (tertiary/aromatic N) is 3. The van der Waals surface area contributed by atoms with E-state index < -0.39 is 132 Å². The lowest BCUT2D eigenvalue weighted by atomic mass is 9.96. The molecular weight excluding hydrogens is 1030 g/mol. The lowest BCUT2D eigenvalue weighted by Crippen LogP contribution is -2.61. The summed E-state index contributed by atoms with van der Waals surface area (Å²) in [5, 5.41) is 47.2. The molecule has 79 heavy (non-hydrogen) atoms. The van der Waals surface area contributed by atoms with E-state index in [2.05, 4.69) is 52.2 Å². The number of aromatic hydroxyl groups is 1. The first kappa shape index (κ1) is 62.9. The number of aromatic amines is 1. The number of benzene rings is 2. The summed E-state index contributed by atoms with van der Waals surface area (Å²) in [5.41, 5.74) is 18.1. The van der Waals surface area contributed by atoms with Crippen molar-refractivity contribution < 1.29 is 63.3 Å². The summed E-state index contributed by atoms with van der Waals surface area (Å²) in [6.07, 6.45) is 2.91. The van der Waals surface area contributed by atoms with Crippen molar-refractivity contribution in [1.82, 2.24) is 52.1 Å². The summed E-state index contributed by atoms with van der Waals surface area (Å²) in [6, 6.07) is 3.97. The predicted molar refractivity (Wildman–Crippen MR) is 286 cm³/mol. The Morgan fingerprint density at radius 1 is 0.747 bits per heavy atom. The van der Waals surface area contributed by atoms with E-state index >= 15 is 0 Å². The monoisotopic (exact) mass is 1100 g/mol. The van der Waals surface area contributed by atoms with Gasteiger partial charge >= 0.3 is 11.9 Å². The Balaban J connectivity index is 1.51. The SMILES string of the molecule is CC[C@H](C)[C@H](NC(=O)[C@H](Cc1ccc(O)cc1)NC(=O)CNC(=O)[C@@H](NC(=O)[C@H](CCCN=C(N)N)NC(=O)[C@@H](N)CC(=O)O)C(C)C)C(=O)N[C@@H](Cc1cnc[nH]1)C(=O)N1CCC[C@H]1C(=O)N[C@@H](Cc1ccccc1)C(=O)O. The third-order valence-electron chi connectivity index (χ3n) is 13.1. The van der Waals surface area contributed by atoms with Gasteiger partial charge in [0.15, 0.2) is 5.96 Å². The lowest BCUT2D eigenvalue weighted by Gasteiger charge is -2.31. The van der Waals surface area contributed by atoms with Gasteiger partial charge in [0.05, 0.1) is 25.3 Å². The van der Waals surface area contributed by atoms with Crippen LogP contribution in [0.25, 0.3) is 0 Å². The van der Waals surface area contributed by atoms with Gasteiger partial charge in [-0.3, -0.25) is 48.1 Å². The highest BCUT2D eigenvalue weighted by Gasteiger charge is 2.41. The summed E-state index contributed by atoms with van der Waals surface area (Å²) in [6.45, 7) is 6.14. The Bertz CT molecular complexity index is 2600. The fourth-order valence-corrected chi connectivity index (χ4v) is 8.58. The molecule has 1 fully saturated rings. The maximum absolute atomic E-state index is 14.5. The number of nitrogens with one attached hydrogen (secondary N) is 8. The molecule has 0 spiro atoms. The maximum Gasteiger partial charge on any atom is 0.326 e. The number of phenols is 1. The molecule has 4 rings (SSSR count). The van der Waals surface area contributed by atoms with Crippen LogP contribution in [0.3, 0.4) is 0 Å². The van der Waals surface area contributed by atoms with E-state index in [1.54, 1.807) is 58.0 Å². The van der Waals surface area contributed by atoms with Crippen molar-refractivity contribution >= 4 is 65.2 Å². The van der Waals surface area contributed by atoms with Crippen LogP contribution in [0.15, 0.2) is 72.1 Å². The molecule has 1 saturated heterocycles. The topological polar surface area (TPSA) is 438 Å². The number of guanidine groups is 1. The van der Waals surface area contributed by atoms with Crippen LogP contribution in [0.4, 0.5) is 0 Å². The Morgan fingerprint density at radius 2 is 1.38 bits per heavy atom. The third-order valence-corrected chi connectivity index (χ3v) is 13.1. The molecule has 17 N–H and O–H groups in total. The standard InChI is InChI=1S/C52H74N14O13/c1-5-29(4)43(49(76)62-37(23-32-25-56-27-59-32)50(77)66-20-10-14-39(66)47(74)63-38(51(78)79)22-30-11-7-6-8-12-30)65-46(73)36(21-31-15-17-33(67)18-16-31)60-40(68)26-58-48(75)42(28(2)3)64-45(72)35(13-9-19-57-52(54)55)61-44(71)34(53)24-41(69)70/h6-8,11-12,15-18,25,27-29,34-39,42-43,67H,5,9-10,13-14,19-24,26,53H2,1-4H3,(H,56,59)(H,58,75)(H,60,68)(H,61,71)(H,62,76)(H,63,74)(H,64,72)(H,65,73)(H,69,70)(H,78,79)(H4,54,55,57)/t29-,34-,35-,36-,37-,38-,39-,42-,43-/m0/s1. The number of amides is 8. The number of H-pyrrole nitrogens is 1. The second-order valence-electron chi connectivity index (χ2n) is 19.6. The number of carboxylic acid groups (broad SMARTS) is 2. The average Bonchev–Trinajstić information content (AvgIpc) is 4.12. The van der Waals surface area contributed by atoms with Crippen molar-refractivity contribution in [2.45, 2.75) is 134 Å². The molecule has 3 aromatic rings. The second kappa shape index (κ2) is 31.0. The number of aliphatic carboxylic acids is 2. The molecule has 1 aliphatic rings. The van der Waals surface area contributed by atoms with Crippen LogP contribution in [0.5, 0.6) is 5.75 Å². The number of rotatable bonds is 31. The van der Waals surface area contributed by atoms with Crippen LogP contribution in [-0.2, 0) is 67.2 Å². The van der Waals surface area contributed by atoms with Crippen LogP contribution >= 0.6 is 0 Å². The quantitative estimate of drug-likeness (QED) is 0.0185. The molecule has 9 atom stereocenters. The molecule has 430 valence electrons. The van der Waals surface area contributed by atoms with Crippen LogP contribution in [0.2, 0.25) is 0 Å². The van der Waals surface area contributed by atoms with Crippen LogP contribution in [0, 0.1) is 11.8 Å². The number of aliphatic imine (C=N–C) groups is 1. The van der Waals surface area contributed by atoms with E-state index in [0.29, 0.717) is 29.7 Å². The normalized spacial score (nSPS) is 16.0. The second-order valence-corrected chi connectivity index (χ2v) is 19.6. The van der Waals surface area contributed by atoms with E-state index in [4.69, 9.17) is 22.3 Å². The highest BCUT2D eigenvalue weighted by molar-refractivity contribution is 5.98. The number of imidazole rings is 1. The number of hydrogen-bond donors (Lipinski definition) is 14. The number of aromatic nitrogens is 2. The van der Waals surface area contributed by atoms with Gasteiger partial charge in [-0.2, -0.15) is 0 Å². The Morgan fingerprint density at radius 3 is 1.99 bits per heavy atom. The van der Waals surface area contributed by atoms with Gasteiger partial charge in [-0.1, -0.05) is 76.6 Å². The summed E-state index contributed by atoms with van der Waals surface area (Å²) in [5.74, 6) is -10.5. The molecule has 27 nitrogen and oxygen atoms in total. The van der Waals surface area contributed by atoms with Gasteiger partial charge in [-0.15, -0.1) is 0 Å². The number of carboxylic acids is 2. The zero-order chi connectivity index (χ0) is 58.3. The molecule has 0 unspecified atom stereocenters. The van der Waals surface area contributed by atoms with Crippen LogP contribution in [-0.4, -0.2) is 163 Å². The van der Waals surface area contributed by atoms with Gasteiger partial charge in [-0.05, 0) is 60.8 Å². The van der Waals surface area contributed by atoms with Crippen molar-refractivity contribution in [3.05, 3.63) is 83.9 Å². The minimum Gasteiger partial charge on any atom is -0.508 e. The number of carbonyl (C=O) groups excluding carboxylic acids is 8. The molecule has 27 heteroatoms. The molecule has 0 bridgehead atoms. The molecule has 1 aliphatic heterocycles. The van der Waals surface area contributed by atoms with Gasteiger partial charge in [0.2, 0.25) is 47.3 Å². The molecular formula is C52H74N14O13. The van der Waals surface area contributed by atoms with Crippen molar-refractivity contribution in [3.8, 4) is 5.75 Å². The minimum absolute atomic E-state index is 0.00609. The summed E-state index contributed by atoms with van der Waals surface area (Å²) in [7, 11) is 0. The Labute approximate surface area is 456 Å². The van der Waals surface area contributed by atoms with E-state index in [1.165, 1.54) is 41.7 Å². The zero-order valence-corrected chi connectivity index (χ0v) is 44.6. The van der Waals surface area contributed by atoms with Gasteiger partial charge in [-0.25, -0.2) is 9.78 Å². The Kier molecular flexibility index (Phi) is 24.6. The first-order valence-electron chi connectivity index (χ1n) is 25.9.